The topological polar surface area (TPSA) is 32.3 Å². The Morgan fingerprint density at radius 3 is 2.50 bits per heavy atom. The largest absolute Gasteiger partial charge is 0.416 e. The van der Waals surface area contributed by atoms with Gasteiger partial charge in [-0.3, -0.25) is 10.1 Å². The van der Waals surface area contributed by atoms with Crippen LogP contribution in [-0.2, 0) is 11.0 Å². The van der Waals surface area contributed by atoms with Crippen LogP contribution in [0.3, 0.4) is 0 Å². The molecule has 0 aliphatic carbocycles. The van der Waals surface area contributed by atoms with E-state index < -0.39 is 17.9 Å². The molecule has 1 N–H and O–H groups in total. The first-order chi connectivity index (χ1) is 8.30. The van der Waals surface area contributed by atoms with E-state index in [4.69, 9.17) is 0 Å². The zero-order valence-corrected chi connectivity index (χ0v) is 9.95. The smallest absolute Gasteiger partial charge is 0.325 e. The van der Waals surface area contributed by atoms with Gasteiger partial charge in [0.1, 0.15) is 6.17 Å². The second kappa shape index (κ2) is 4.28. The molecule has 0 saturated carbocycles. The lowest BCUT2D eigenvalue weighted by Crippen LogP contribution is -2.26. The molecular weight excluding hydrogens is 245 g/mol. The first-order valence-electron chi connectivity index (χ1n) is 5.50. The quantitative estimate of drug-likeness (QED) is 0.837. The summed E-state index contributed by atoms with van der Waals surface area (Å²) in [5, 5.41) is 2.96. The van der Waals surface area contributed by atoms with Gasteiger partial charge in [0.2, 0.25) is 5.91 Å². The van der Waals surface area contributed by atoms with E-state index in [0.29, 0.717) is 5.56 Å². The molecule has 3 nitrogen and oxygen atoms in total. The molecule has 0 aromatic heterocycles. The number of carbonyl (C=O) groups excluding carboxylic acids is 1. The summed E-state index contributed by atoms with van der Waals surface area (Å²) in [5.74, 6) is -0.127. The minimum absolute atomic E-state index is 0.127. The standard InChI is InChI=1S/C12H13F3N2O/c1-7-11(18)17(2)10(16-7)8-4-3-5-9(6-8)12(13,14)15/h3-7,10,16H,1-2H3. The van der Waals surface area contributed by atoms with Crippen LogP contribution in [-0.4, -0.2) is 23.9 Å². The lowest BCUT2D eigenvalue weighted by molar-refractivity contribution is -0.137. The molecule has 1 aromatic rings. The summed E-state index contributed by atoms with van der Waals surface area (Å²) in [5.41, 5.74) is -0.271. The molecule has 6 heteroatoms. The zero-order chi connectivity index (χ0) is 13.5. The summed E-state index contributed by atoms with van der Waals surface area (Å²) in [6.07, 6.45) is -4.88. The fraction of sp³-hybridized carbons (Fsp3) is 0.417. The first-order valence-corrected chi connectivity index (χ1v) is 5.50. The van der Waals surface area contributed by atoms with Gasteiger partial charge >= 0.3 is 6.18 Å². The third-order valence-electron chi connectivity index (χ3n) is 3.04. The molecule has 0 spiro atoms. The van der Waals surface area contributed by atoms with Crippen LogP contribution in [0.15, 0.2) is 24.3 Å². The normalized spacial score (nSPS) is 24.7. The van der Waals surface area contributed by atoms with Crippen LogP contribution in [0.4, 0.5) is 13.2 Å². The molecule has 0 radical (unpaired) electrons. The number of likely N-dealkylation sites (N-methyl/N-ethyl adjacent to an activating group) is 1. The van der Waals surface area contributed by atoms with Crippen LogP contribution in [0.1, 0.15) is 24.2 Å². The minimum atomic E-state index is -4.37. The van der Waals surface area contributed by atoms with E-state index in [1.54, 1.807) is 20.0 Å². The summed E-state index contributed by atoms with van der Waals surface area (Å²) in [6, 6.07) is 4.63. The van der Waals surface area contributed by atoms with Crippen LogP contribution in [0.2, 0.25) is 0 Å². The van der Waals surface area contributed by atoms with Gasteiger partial charge in [-0.25, -0.2) is 0 Å². The Morgan fingerprint density at radius 1 is 1.33 bits per heavy atom. The molecule has 0 bridgehead atoms. The van der Waals surface area contributed by atoms with Crippen LogP contribution >= 0.6 is 0 Å². The van der Waals surface area contributed by atoms with E-state index in [0.717, 1.165) is 12.1 Å². The third-order valence-corrected chi connectivity index (χ3v) is 3.04. The van der Waals surface area contributed by atoms with E-state index in [-0.39, 0.29) is 11.9 Å². The van der Waals surface area contributed by atoms with E-state index >= 15 is 0 Å². The van der Waals surface area contributed by atoms with Crippen molar-refractivity contribution in [3.8, 4) is 0 Å². The highest BCUT2D eigenvalue weighted by Gasteiger charge is 2.36. The highest BCUT2D eigenvalue weighted by atomic mass is 19.4. The minimum Gasteiger partial charge on any atom is -0.325 e. The van der Waals surface area contributed by atoms with E-state index in [1.807, 2.05) is 0 Å². The van der Waals surface area contributed by atoms with Crippen LogP contribution in [0.25, 0.3) is 0 Å². The van der Waals surface area contributed by atoms with E-state index in [2.05, 4.69) is 5.32 Å². The summed E-state index contributed by atoms with van der Waals surface area (Å²) >= 11 is 0. The number of carbonyl (C=O) groups is 1. The molecular formula is C12H13F3N2O. The molecule has 98 valence electrons. The molecule has 2 atom stereocenters. The van der Waals surface area contributed by atoms with Gasteiger partial charge in [-0.05, 0) is 24.6 Å². The third kappa shape index (κ3) is 2.20. The van der Waals surface area contributed by atoms with Gasteiger partial charge in [0.25, 0.3) is 0 Å². The fourth-order valence-electron chi connectivity index (χ4n) is 2.06. The number of hydrogen-bond acceptors (Lipinski definition) is 2. The van der Waals surface area contributed by atoms with Gasteiger partial charge in [0.05, 0.1) is 11.6 Å². The summed E-state index contributed by atoms with van der Waals surface area (Å²) < 4.78 is 37.8. The van der Waals surface area contributed by atoms with Crippen molar-refractivity contribution >= 4 is 5.91 Å². The average molecular weight is 258 g/mol. The van der Waals surface area contributed by atoms with Gasteiger partial charge in [-0.2, -0.15) is 13.2 Å². The van der Waals surface area contributed by atoms with E-state index in [9.17, 15) is 18.0 Å². The predicted octanol–water partition coefficient (Wildman–Crippen LogP) is 2.15. The van der Waals surface area contributed by atoms with Gasteiger partial charge in [0.15, 0.2) is 0 Å². The molecule has 1 fully saturated rings. The zero-order valence-electron chi connectivity index (χ0n) is 9.95. The average Bonchev–Trinajstić information content (AvgIpc) is 2.56. The van der Waals surface area contributed by atoms with Crippen molar-refractivity contribution in [2.24, 2.45) is 0 Å². The molecule has 1 aromatic carbocycles. The SMILES string of the molecule is CC1NC(c2cccc(C(F)(F)F)c2)N(C)C1=O. The van der Waals surface area contributed by atoms with Crippen molar-refractivity contribution in [2.45, 2.75) is 25.3 Å². The number of alkyl halides is 3. The Bertz CT molecular complexity index is 473. The summed E-state index contributed by atoms with van der Waals surface area (Å²) in [6.45, 7) is 1.69. The van der Waals surface area contributed by atoms with Gasteiger partial charge in [-0.15, -0.1) is 0 Å². The van der Waals surface area contributed by atoms with Crippen molar-refractivity contribution in [3.63, 3.8) is 0 Å². The van der Waals surface area contributed by atoms with Gasteiger partial charge in [0, 0.05) is 7.05 Å². The maximum absolute atomic E-state index is 12.6. The van der Waals surface area contributed by atoms with Crippen molar-refractivity contribution in [1.82, 2.24) is 10.2 Å². The van der Waals surface area contributed by atoms with Crippen molar-refractivity contribution in [1.29, 1.82) is 0 Å². The number of halogens is 3. The Hall–Kier alpha value is -1.56. The summed E-state index contributed by atoms with van der Waals surface area (Å²) in [7, 11) is 1.57. The molecule has 1 heterocycles. The highest BCUT2D eigenvalue weighted by Crippen LogP contribution is 2.32. The lowest BCUT2D eigenvalue weighted by atomic mass is 10.1. The molecule has 1 aliphatic rings. The predicted molar refractivity (Wildman–Crippen MR) is 59.6 cm³/mol. The maximum Gasteiger partial charge on any atom is 0.416 e. The van der Waals surface area contributed by atoms with Gasteiger partial charge < -0.3 is 4.90 Å². The maximum atomic E-state index is 12.6. The number of hydrogen-bond donors (Lipinski definition) is 1. The van der Waals surface area contributed by atoms with Crippen molar-refractivity contribution < 1.29 is 18.0 Å². The van der Waals surface area contributed by atoms with Crippen LogP contribution < -0.4 is 5.32 Å². The Morgan fingerprint density at radius 2 is 2.00 bits per heavy atom. The molecule has 2 unspecified atom stereocenters. The Kier molecular flexibility index (Phi) is 3.06. The van der Waals surface area contributed by atoms with Crippen molar-refractivity contribution in [3.05, 3.63) is 35.4 Å². The molecule has 18 heavy (non-hydrogen) atoms. The molecule has 1 aliphatic heterocycles. The second-order valence-electron chi connectivity index (χ2n) is 4.36. The lowest BCUT2D eigenvalue weighted by Gasteiger charge is -2.20. The van der Waals surface area contributed by atoms with E-state index in [1.165, 1.54) is 11.0 Å². The monoisotopic (exact) mass is 258 g/mol. The Labute approximate surface area is 103 Å². The van der Waals surface area contributed by atoms with Gasteiger partial charge in [-0.1, -0.05) is 12.1 Å². The molecule has 1 amide bonds. The van der Waals surface area contributed by atoms with Crippen molar-refractivity contribution in [2.75, 3.05) is 7.05 Å². The fourth-order valence-corrected chi connectivity index (χ4v) is 2.06. The molecule has 2 rings (SSSR count). The Balaban J connectivity index is 2.33. The number of rotatable bonds is 1. The number of benzene rings is 1. The molecule has 1 saturated heterocycles. The summed E-state index contributed by atoms with van der Waals surface area (Å²) in [4.78, 5) is 13.0. The highest BCUT2D eigenvalue weighted by molar-refractivity contribution is 5.83. The second-order valence-corrected chi connectivity index (χ2v) is 4.36. The van der Waals surface area contributed by atoms with Crippen LogP contribution in [0.5, 0.6) is 0 Å². The van der Waals surface area contributed by atoms with Crippen LogP contribution in [0, 0.1) is 0 Å². The number of nitrogens with zero attached hydrogens (tertiary/aromatic N) is 1. The number of amides is 1. The first kappa shape index (κ1) is 12.9. The number of nitrogens with one attached hydrogen (secondary N) is 1.